The third-order valence-corrected chi connectivity index (χ3v) is 6.97. The fourth-order valence-electron chi connectivity index (χ4n) is 4.12. The van der Waals surface area contributed by atoms with Gasteiger partial charge in [-0.05, 0) is 43.7 Å². The Morgan fingerprint density at radius 3 is 2.70 bits per heavy atom. The van der Waals surface area contributed by atoms with Crippen molar-refractivity contribution >= 4 is 23.4 Å². The van der Waals surface area contributed by atoms with Gasteiger partial charge in [-0.3, -0.25) is 14.3 Å². The van der Waals surface area contributed by atoms with Gasteiger partial charge in [0.2, 0.25) is 0 Å². The molecule has 2 aromatic carbocycles. The molecule has 5 rings (SSSR count). The van der Waals surface area contributed by atoms with Crippen molar-refractivity contribution in [3.05, 3.63) is 75.6 Å². The maximum absolute atomic E-state index is 14.4. The van der Waals surface area contributed by atoms with Gasteiger partial charge in [-0.2, -0.15) is 0 Å². The number of para-hydroxylation sites is 1. The molecule has 1 aliphatic heterocycles. The van der Waals surface area contributed by atoms with E-state index in [4.69, 9.17) is 4.52 Å². The molecule has 0 unspecified atom stereocenters. The third-order valence-electron chi connectivity index (χ3n) is 5.92. The first-order valence-electron chi connectivity index (χ1n) is 10.9. The zero-order valence-electron chi connectivity index (χ0n) is 19.4. The Balaban J connectivity index is 1.48. The molecule has 37 heavy (non-hydrogen) atoms. The second-order valence-electron chi connectivity index (χ2n) is 8.15. The SMILES string of the molecule is Cc1c(NC(=O)c2noc3c2CCSc2cc(OC(F)(F)F)ccc2-3)c(=O)n(-c2ccccc2F)n1C. The Hall–Kier alpha value is -4.00. The summed E-state index contributed by atoms with van der Waals surface area (Å²) in [4.78, 5) is 26.8. The number of carbonyl (C=O) groups excluding carboxylic acids is 1. The molecule has 3 heterocycles. The molecule has 1 amide bonds. The lowest BCUT2D eigenvalue weighted by Gasteiger charge is -2.11. The lowest BCUT2D eigenvalue weighted by Crippen LogP contribution is -2.24. The van der Waals surface area contributed by atoms with Crippen LogP contribution in [0.25, 0.3) is 17.0 Å². The van der Waals surface area contributed by atoms with Gasteiger partial charge in [0.25, 0.3) is 11.5 Å². The Labute approximate surface area is 210 Å². The topological polar surface area (TPSA) is 91.3 Å². The van der Waals surface area contributed by atoms with E-state index < -0.39 is 23.6 Å². The molecule has 2 aromatic heterocycles. The van der Waals surface area contributed by atoms with Crippen LogP contribution in [-0.4, -0.2) is 32.5 Å². The van der Waals surface area contributed by atoms with Gasteiger partial charge in [-0.15, -0.1) is 24.9 Å². The van der Waals surface area contributed by atoms with Gasteiger partial charge in [-0.25, -0.2) is 9.07 Å². The molecule has 8 nitrogen and oxygen atoms in total. The highest BCUT2D eigenvalue weighted by molar-refractivity contribution is 7.99. The van der Waals surface area contributed by atoms with E-state index in [2.05, 4.69) is 15.2 Å². The van der Waals surface area contributed by atoms with Crippen LogP contribution < -0.4 is 15.6 Å². The molecule has 0 bridgehead atoms. The average Bonchev–Trinajstić information content (AvgIpc) is 3.27. The van der Waals surface area contributed by atoms with Crippen LogP contribution in [0.2, 0.25) is 0 Å². The van der Waals surface area contributed by atoms with Crippen LogP contribution in [0.3, 0.4) is 0 Å². The van der Waals surface area contributed by atoms with Gasteiger partial charge in [-0.1, -0.05) is 17.3 Å². The van der Waals surface area contributed by atoms with Gasteiger partial charge in [0.15, 0.2) is 11.5 Å². The number of thioether (sulfide) groups is 1. The lowest BCUT2D eigenvalue weighted by atomic mass is 10.0. The number of halogens is 4. The number of amides is 1. The molecule has 1 N–H and O–H groups in total. The van der Waals surface area contributed by atoms with E-state index in [1.165, 1.54) is 46.8 Å². The Morgan fingerprint density at radius 2 is 1.97 bits per heavy atom. The van der Waals surface area contributed by atoms with E-state index >= 15 is 0 Å². The zero-order valence-corrected chi connectivity index (χ0v) is 20.2. The minimum Gasteiger partial charge on any atom is -0.406 e. The Morgan fingerprint density at radius 1 is 1.22 bits per heavy atom. The number of fused-ring (bicyclic) bond motifs is 3. The number of anilines is 1. The van der Waals surface area contributed by atoms with Crippen LogP contribution in [0.1, 0.15) is 21.7 Å². The summed E-state index contributed by atoms with van der Waals surface area (Å²) in [5.41, 5.74) is 0.591. The van der Waals surface area contributed by atoms with E-state index in [-0.39, 0.29) is 28.6 Å². The number of alkyl halides is 3. The Kier molecular flexibility index (Phi) is 6.10. The lowest BCUT2D eigenvalue weighted by molar-refractivity contribution is -0.274. The minimum atomic E-state index is -4.83. The molecule has 192 valence electrons. The van der Waals surface area contributed by atoms with Crippen molar-refractivity contribution in [2.45, 2.75) is 24.6 Å². The fraction of sp³-hybridized carbons (Fsp3) is 0.208. The molecule has 0 saturated heterocycles. The van der Waals surface area contributed by atoms with E-state index in [1.807, 2.05) is 0 Å². The van der Waals surface area contributed by atoms with Crippen LogP contribution in [0.15, 0.2) is 56.7 Å². The van der Waals surface area contributed by atoms with Crippen LogP contribution in [-0.2, 0) is 13.5 Å². The summed E-state index contributed by atoms with van der Waals surface area (Å²) >= 11 is 1.29. The van der Waals surface area contributed by atoms with E-state index in [1.54, 1.807) is 20.0 Å². The maximum Gasteiger partial charge on any atom is 0.573 e. The Bertz CT molecular complexity index is 1590. The molecule has 0 spiro atoms. The van der Waals surface area contributed by atoms with Crippen LogP contribution in [0.4, 0.5) is 23.2 Å². The highest BCUT2D eigenvalue weighted by Gasteiger charge is 2.33. The van der Waals surface area contributed by atoms with Crippen molar-refractivity contribution in [1.82, 2.24) is 14.5 Å². The first-order valence-corrected chi connectivity index (χ1v) is 11.9. The zero-order chi connectivity index (χ0) is 26.5. The molecule has 0 fully saturated rings. The largest absolute Gasteiger partial charge is 0.573 e. The van der Waals surface area contributed by atoms with Crippen molar-refractivity contribution in [3.63, 3.8) is 0 Å². The molecule has 0 radical (unpaired) electrons. The molecule has 13 heteroatoms. The van der Waals surface area contributed by atoms with Crippen molar-refractivity contribution in [3.8, 4) is 22.8 Å². The predicted octanol–water partition coefficient (Wildman–Crippen LogP) is 5.08. The van der Waals surface area contributed by atoms with Crippen molar-refractivity contribution in [2.75, 3.05) is 11.1 Å². The first kappa shape index (κ1) is 24.7. The predicted molar refractivity (Wildman–Crippen MR) is 127 cm³/mol. The van der Waals surface area contributed by atoms with Crippen molar-refractivity contribution in [1.29, 1.82) is 0 Å². The third kappa shape index (κ3) is 4.50. The second kappa shape index (κ2) is 9.14. The van der Waals surface area contributed by atoms with Crippen LogP contribution in [0.5, 0.6) is 5.75 Å². The molecule has 0 atom stereocenters. The summed E-state index contributed by atoms with van der Waals surface area (Å²) in [6, 6.07) is 9.57. The quantitative estimate of drug-likeness (QED) is 0.368. The minimum absolute atomic E-state index is 0.0244. The van der Waals surface area contributed by atoms with Crippen molar-refractivity contribution < 1.29 is 31.6 Å². The van der Waals surface area contributed by atoms with Crippen LogP contribution in [0, 0.1) is 12.7 Å². The van der Waals surface area contributed by atoms with Gasteiger partial charge in [0.05, 0.1) is 5.69 Å². The molecular weight excluding hydrogens is 516 g/mol. The van der Waals surface area contributed by atoms with E-state index in [0.717, 1.165) is 10.7 Å². The van der Waals surface area contributed by atoms with Crippen molar-refractivity contribution in [2.24, 2.45) is 7.05 Å². The fourth-order valence-corrected chi connectivity index (χ4v) is 5.16. The number of nitrogens with zero attached hydrogens (tertiary/aromatic N) is 3. The summed E-state index contributed by atoms with van der Waals surface area (Å²) in [6.45, 7) is 1.60. The number of hydrogen-bond donors (Lipinski definition) is 1. The number of benzene rings is 2. The molecular formula is C24H18F4N4O4S. The second-order valence-corrected chi connectivity index (χ2v) is 9.29. The van der Waals surface area contributed by atoms with Gasteiger partial charge < -0.3 is 14.6 Å². The number of hydrogen-bond acceptors (Lipinski definition) is 6. The number of ether oxygens (including phenoxy) is 1. The van der Waals surface area contributed by atoms with Gasteiger partial charge in [0.1, 0.15) is 22.9 Å². The summed E-state index contributed by atoms with van der Waals surface area (Å²) in [7, 11) is 1.56. The highest BCUT2D eigenvalue weighted by atomic mass is 32.2. The number of carbonyl (C=O) groups is 1. The summed E-state index contributed by atoms with van der Waals surface area (Å²) in [6.07, 6.45) is -4.49. The molecule has 0 aliphatic carbocycles. The van der Waals surface area contributed by atoms with Gasteiger partial charge >= 0.3 is 6.36 Å². The summed E-state index contributed by atoms with van der Waals surface area (Å²) < 4.78 is 64.2. The van der Waals surface area contributed by atoms with Crippen LogP contribution >= 0.6 is 11.8 Å². The molecule has 0 saturated carbocycles. The summed E-state index contributed by atoms with van der Waals surface area (Å²) in [5.74, 6) is -1.00. The standard InChI is InChI=1S/C24H18F4N4O4S/c1-12-19(23(34)32(31(12)2)17-6-4-3-5-16(17)25)29-22(33)20-15-9-10-37-18-11-13(35-24(26,27)28)7-8-14(18)21(15)36-30-20/h3-8,11H,9-10H2,1-2H3,(H,29,33). The average molecular weight is 534 g/mol. The first-order chi connectivity index (χ1) is 17.5. The summed E-state index contributed by atoms with van der Waals surface area (Å²) in [5, 5.41) is 6.46. The smallest absolute Gasteiger partial charge is 0.406 e. The highest BCUT2D eigenvalue weighted by Crippen LogP contribution is 2.41. The number of rotatable bonds is 4. The van der Waals surface area contributed by atoms with E-state index in [9.17, 15) is 27.2 Å². The maximum atomic E-state index is 14.4. The monoisotopic (exact) mass is 534 g/mol. The number of nitrogens with one attached hydrogen (secondary N) is 1. The van der Waals surface area contributed by atoms with Gasteiger partial charge in [0, 0.05) is 28.8 Å². The van der Waals surface area contributed by atoms with E-state index in [0.29, 0.717) is 33.9 Å². The number of aromatic nitrogens is 3. The normalized spacial score (nSPS) is 13.0. The molecule has 1 aliphatic rings. The molecule has 4 aromatic rings.